The molecule has 2 aromatic rings. The highest BCUT2D eigenvalue weighted by molar-refractivity contribution is 7.16. The lowest BCUT2D eigenvalue weighted by Crippen LogP contribution is -2.16. The van der Waals surface area contributed by atoms with Crippen molar-refractivity contribution < 1.29 is 14.3 Å². The number of hydrogen-bond donors (Lipinski definition) is 0. The molecule has 2 heterocycles. The van der Waals surface area contributed by atoms with E-state index in [0.717, 1.165) is 26.5 Å². The lowest BCUT2D eigenvalue weighted by atomic mass is 9.87. The second-order valence-corrected chi connectivity index (χ2v) is 7.34. The first-order chi connectivity index (χ1) is 11.2. The molecule has 0 N–H and O–H groups in total. The zero-order valence-electron chi connectivity index (χ0n) is 13.2. The van der Waals surface area contributed by atoms with E-state index < -0.39 is 0 Å². The third kappa shape index (κ3) is 2.87. The van der Waals surface area contributed by atoms with E-state index >= 15 is 0 Å². The molecule has 0 spiro atoms. The minimum atomic E-state index is -0.000836. The number of aromatic nitrogens is 1. The van der Waals surface area contributed by atoms with E-state index in [4.69, 9.17) is 9.47 Å². The van der Waals surface area contributed by atoms with Gasteiger partial charge in [0.1, 0.15) is 0 Å². The molecule has 1 aromatic heterocycles. The number of ether oxygens (including phenoxy) is 2. The van der Waals surface area contributed by atoms with E-state index in [1.807, 2.05) is 23.7 Å². The fraction of sp³-hybridized carbons (Fsp3) is 0.529. The van der Waals surface area contributed by atoms with Gasteiger partial charge in [0, 0.05) is 25.6 Å². The van der Waals surface area contributed by atoms with Crippen molar-refractivity contribution in [3.05, 3.63) is 16.9 Å². The summed E-state index contributed by atoms with van der Waals surface area (Å²) in [5.74, 6) is 2.04. The Morgan fingerprint density at radius 1 is 1.26 bits per heavy atom. The standard InChI is InChI=1S/C17H20N2O3S/c1-19-12-8-13-14(22-10-21-13)9-15(12)23-17(19)18-16(20)7-11-5-3-2-4-6-11/h8-9,11H,2-7,10H2,1H3. The third-order valence-corrected chi connectivity index (χ3v) is 5.81. The molecule has 0 saturated heterocycles. The van der Waals surface area contributed by atoms with E-state index in [2.05, 4.69) is 4.99 Å². The lowest BCUT2D eigenvalue weighted by Gasteiger charge is -2.19. The van der Waals surface area contributed by atoms with Crippen LogP contribution in [0.2, 0.25) is 0 Å². The van der Waals surface area contributed by atoms with E-state index in [1.54, 1.807) is 0 Å². The maximum absolute atomic E-state index is 12.3. The van der Waals surface area contributed by atoms with Gasteiger partial charge in [0.25, 0.3) is 0 Å². The van der Waals surface area contributed by atoms with E-state index in [1.165, 1.54) is 43.4 Å². The van der Waals surface area contributed by atoms with Crippen molar-refractivity contribution in [2.75, 3.05) is 6.79 Å². The van der Waals surface area contributed by atoms with Gasteiger partial charge in [0.05, 0.1) is 10.2 Å². The van der Waals surface area contributed by atoms with Crippen LogP contribution in [0.5, 0.6) is 11.5 Å². The molecule has 0 atom stereocenters. The highest BCUT2D eigenvalue weighted by atomic mass is 32.1. The second kappa shape index (κ2) is 6.00. The van der Waals surface area contributed by atoms with Crippen LogP contribution >= 0.6 is 11.3 Å². The molecule has 1 aliphatic heterocycles. The summed E-state index contributed by atoms with van der Waals surface area (Å²) in [6.07, 6.45) is 6.72. The van der Waals surface area contributed by atoms with Crippen molar-refractivity contribution in [3.63, 3.8) is 0 Å². The largest absolute Gasteiger partial charge is 0.454 e. The monoisotopic (exact) mass is 332 g/mol. The molecule has 1 aromatic carbocycles. The lowest BCUT2D eigenvalue weighted by molar-refractivity contribution is -0.119. The Bertz CT molecular complexity index is 815. The zero-order chi connectivity index (χ0) is 15.8. The van der Waals surface area contributed by atoms with Gasteiger partial charge in [-0.3, -0.25) is 4.79 Å². The van der Waals surface area contributed by atoms with Gasteiger partial charge in [-0.15, -0.1) is 0 Å². The number of carbonyl (C=O) groups is 1. The molecule has 0 bridgehead atoms. The Hall–Kier alpha value is -1.82. The van der Waals surface area contributed by atoms with E-state index in [0.29, 0.717) is 12.3 Å². The smallest absolute Gasteiger partial charge is 0.248 e. The van der Waals surface area contributed by atoms with E-state index in [9.17, 15) is 4.79 Å². The Labute approximate surface area is 138 Å². The number of benzene rings is 1. The Morgan fingerprint density at radius 2 is 2.00 bits per heavy atom. The maximum atomic E-state index is 12.3. The quantitative estimate of drug-likeness (QED) is 0.847. The summed E-state index contributed by atoms with van der Waals surface area (Å²) in [6, 6.07) is 3.92. The molecule has 1 saturated carbocycles. The molecule has 1 aliphatic carbocycles. The summed E-state index contributed by atoms with van der Waals surface area (Å²) < 4.78 is 13.9. The van der Waals surface area contributed by atoms with Crippen LogP contribution in [-0.4, -0.2) is 17.3 Å². The van der Waals surface area contributed by atoms with Crippen molar-refractivity contribution in [2.45, 2.75) is 38.5 Å². The van der Waals surface area contributed by atoms with Gasteiger partial charge in [0.2, 0.25) is 12.7 Å². The van der Waals surface area contributed by atoms with Gasteiger partial charge < -0.3 is 14.0 Å². The van der Waals surface area contributed by atoms with Crippen LogP contribution in [0, 0.1) is 5.92 Å². The number of nitrogens with zero attached hydrogens (tertiary/aromatic N) is 2. The van der Waals surface area contributed by atoms with Crippen LogP contribution in [0.25, 0.3) is 10.2 Å². The van der Waals surface area contributed by atoms with Gasteiger partial charge >= 0.3 is 0 Å². The predicted octanol–water partition coefficient (Wildman–Crippen LogP) is 3.37. The molecule has 6 heteroatoms. The number of hydrogen-bond acceptors (Lipinski definition) is 4. The molecule has 1 fully saturated rings. The highest BCUT2D eigenvalue weighted by Crippen LogP contribution is 2.36. The van der Waals surface area contributed by atoms with Crippen LogP contribution in [0.15, 0.2) is 17.1 Å². The minimum absolute atomic E-state index is 0.000836. The van der Waals surface area contributed by atoms with Gasteiger partial charge in [0.15, 0.2) is 16.3 Å². The highest BCUT2D eigenvalue weighted by Gasteiger charge is 2.18. The first kappa shape index (κ1) is 14.8. The molecule has 2 aliphatic rings. The first-order valence-corrected chi connectivity index (χ1v) is 8.99. The van der Waals surface area contributed by atoms with Gasteiger partial charge in [-0.05, 0) is 18.8 Å². The number of thiazole rings is 1. The van der Waals surface area contributed by atoms with Crippen LogP contribution in [0.4, 0.5) is 0 Å². The molecule has 5 nitrogen and oxygen atoms in total. The van der Waals surface area contributed by atoms with Gasteiger partial charge in [-0.1, -0.05) is 30.6 Å². The fourth-order valence-electron chi connectivity index (χ4n) is 3.41. The molecular weight excluding hydrogens is 312 g/mol. The Kier molecular flexibility index (Phi) is 3.85. The van der Waals surface area contributed by atoms with Gasteiger partial charge in [-0.25, -0.2) is 0 Å². The fourth-order valence-corrected chi connectivity index (χ4v) is 4.46. The van der Waals surface area contributed by atoms with Crippen LogP contribution in [-0.2, 0) is 11.8 Å². The normalized spacial score (nSPS) is 18.7. The third-order valence-electron chi connectivity index (χ3n) is 4.71. The zero-order valence-corrected chi connectivity index (χ0v) is 14.0. The molecule has 23 heavy (non-hydrogen) atoms. The van der Waals surface area contributed by atoms with E-state index in [-0.39, 0.29) is 12.7 Å². The average Bonchev–Trinajstić information content (AvgIpc) is 3.11. The number of fused-ring (bicyclic) bond motifs is 2. The second-order valence-electron chi connectivity index (χ2n) is 6.33. The minimum Gasteiger partial charge on any atom is -0.454 e. The van der Waals surface area contributed by atoms with Crippen molar-refractivity contribution >= 4 is 27.5 Å². The molecule has 122 valence electrons. The topological polar surface area (TPSA) is 52.8 Å². The Morgan fingerprint density at radius 3 is 2.78 bits per heavy atom. The number of rotatable bonds is 2. The van der Waals surface area contributed by atoms with Crippen molar-refractivity contribution in [1.82, 2.24) is 4.57 Å². The van der Waals surface area contributed by atoms with Crippen molar-refractivity contribution in [1.29, 1.82) is 0 Å². The summed E-state index contributed by atoms with van der Waals surface area (Å²) in [5.41, 5.74) is 1.02. The molecule has 0 unspecified atom stereocenters. The summed E-state index contributed by atoms with van der Waals surface area (Å²) >= 11 is 1.52. The summed E-state index contributed by atoms with van der Waals surface area (Å²) in [4.78, 5) is 17.4. The molecular formula is C17H20N2O3S. The molecule has 4 rings (SSSR count). The summed E-state index contributed by atoms with van der Waals surface area (Å²) in [6.45, 7) is 0.271. The van der Waals surface area contributed by atoms with Crippen molar-refractivity contribution in [2.24, 2.45) is 18.0 Å². The molecule has 0 radical (unpaired) electrons. The van der Waals surface area contributed by atoms with Gasteiger partial charge in [-0.2, -0.15) is 4.99 Å². The first-order valence-electron chi connectivity index (χ1n) is 8.17. The SMILES string of the molecule is Cn1c(=NC(=O)CC2CCCCC2)sc2cc3c(cc21)OCO3. The number of amides is 1. The average molecular weight is 332 g/mol. The van der Waals surface area contributed by atoms with Crippen LogP contribution < -0.4 is 14.3 Å². The predicted molar refractivity (Wildman–Crippen MR) is 88.7 cm³/mol. The van der Waals surface area contributed by atoms with Crippen molar-refractivity contribution in [3.8, 4) is 11.5 Å². The number of aryl methyl sites for hydroxylation is 1. The summed E-state index contributed by atoms with van der Waals surface area (Å²) in [7, 11) is 1.94. The van der Waals surface area contributed by atoms with Crippen LogP contribution in [0.1, 0.15) is 38.5 Å². The van der Waals surface area contributed by atoms with Crippen LogP contribution in [0.3, 0.4) is 0 Å². The maximum Gasteiger partial charge on any atom is 0.248 e. The molecule has 1 amide bonds. The summed E-state index contributed by atoms with van der Waals surface area (Å²) in [5, 5.41) is 0. The Balaban J connectivity index is 1.62. The number of carbonyl (C=O) groups excluding carboxylic acids is 1.